The van der Waals surface area contributed by atoms with Crippen molar-refractivity contribution < 1.29 is 4.39 Å². The highest BCUT2D eigenvalue weighted by Gasteiger charge is 2.10. The Balaban J connectivity index is 2.36. The highest BCUT2D eigenvalue weighted by atomic mass is 32.2. The number of nitrogens with zero attached hydrogens (tertiary/aromatic N) is 3. The number of hydrogen-bond acceptors (Lipinski definition) is 7. The maximum atomic E-state index is 13.5. The third kappa shape index (κ3) is 2.81. The van der Waals surface area contributed by atoms with Crippen LogP contribution in [-0.2, 0) is 0 Å². The van der Waals surface area contributed by atoms with Gasteiger partial charge in [-0.15, -0.1) is 0 Å². The molecule has 0 spiro atoms. The molecule has 18 heavy (non-hydrogen) atoms. The monoisotopic (exact) mass is 268 g/mol. The van der Waals surface area contributed by atoms with Gasteiger partial charge in [0.2, 0.25) is 5.95 Å². The van der Waals surface area contributed by atoms with E-state index in [1.807, 2.05) is 0 Å². The first-order chi connectivity index (χ1) is 8.58. The Morgan fingerprint density at radius 2 is 2.28 bits per heavy atom. The largest absolute Gasteiger partial charge is 0.301 e. The van der Waals surface area contributed by atoms with Gasteiger partial charge in [-0.3, -0.25) is 10.2 Å². The second kappa shape index (κ2) is 5.10. The smallest absolute Gasteiger partial charge is 0.251 e. The molecule has 2 aromatic heterocycles. The van der Waals surface area contributed by atoms with Crippen LogP contribution in [0.15, 0.2) is 27.2 Å². The summed E-state index contributed by atoms with van der Waals surface area (Å²) in [4.78, 5) is 25.2. The first-order valence-electron chi connectivity index (χ1n) is 4.83. The van der Waals surface area contributed by atoms with Gasteiger partial charge in [0.1, 0.15) is 5.03 Å². The lowest BCUT2D eigenvalue weighted by atomic mass is 10.5. The van der Waals surface area contributed by atoms with Crippen LogP contribution in [0.4, 0.5) is 10.3 Å². The molecular formula is C9H9FN6OS. The van der Waals surface area contributed by atoms with E-state index in [0.29, 0.717) is 5.69 Å². The number of aromatic nitrogens is 4. The van der Waals surface area contributed by atoms with Crippen LogP contribution < -0.4 is 16.8 Å². The summed E-state index contributed by atoms with van der Waals surface area (Å²) in [6, 6.07) is 1.34. The summed E-state index contributed by atoms with van der Waals surface area (Å²) in [5.74, 6) is 4.59. The number of halogens is 1. The van der Waals surface area contributed by atoms with Gasteiger partial charge in [0.25, 0.3) is 5.56 Å². The number of nitrogens with one attached hydrogen (secondary N) is 2. The Labute approximate surface area is 105 Å². The topological polar surface area (TPSA) is 110 Å². The molecule has 0 saturated heterocycles. The third-order valence-electron chi connectivity index (χ3n) is 1.88. The lowest BCUT2D eigenvalue weighted by molar-refractivity contribution is 0.579. The standard InChI is InChI=1S/C9H9FN6OS/c1-4-2-6(17)14-9(13-4)18-7-5(10)3-12-8(15-7)16-11/h2-3H,11H2,1H3,(H,12,15,16)(H,13,14,17). The first kappa shape index (κ1) is 12.5. The summed E-state index contributed by atoms with van der Waals surface area (Å²) in [7, 11) is 0. The number of aromatic amines is 1. The summed E-state index contributed by atoms with van der Waals surface area (Å²) in [6.07, 6.45) is 0.985. The van der Waals surface area contributed by atoms with E-state index in [9.17, 15) is 9.18 Å². The van der Waals surface area contributed by atoms with Crippen LogP contribution in [0.25, 0.3) is 0 Å². The van der Waals surface area contributed by atoms with Crippen LogP contribution in [-0.4, -0.2) is 19.9 Å². The molecule has 0 aromatic carbocycles. The normalized spacial score (nSPS) is 10.4. The molecule has 0 radical (unpaired) electrons. The summed E-state index contributed by atoms with van der Waals surface area (Å²) in [5.41, 5.74) is 2.43. The molecule has 0 atom stereocenters. The van der Waals surface area contributed by atoms with Crippen LogP contribution in [0.1, 0.15) is 5.69 Å². The molecule has 0 aliphatic heterocycles. The molecule has 2 heterocycles. The van der Waals surface area contributed by atoms with E-state index in [4.69, 9.17) is 5.84 Å². The molecule has 0 bridgehead atoms. The number of nitrogen functional groups attached to an aromatic ring is 1. The number of H-pyrrole nitrogens is 1. The lowest BCUT2D eigenvalue weighted by Crippen LogP contribution is -2.11. The van der Waals surface area contributed by atoms with Crippen molar-refractivity contribution in [3.8, 4) is 0 Å². The molecule has 0 aliphatic carbocycles. The van der Waals surface area contributed by atoms with Gasteiger partial charge in [-0.2, -0.15) is 0 Å². The van der Waals surface area contributed by atoms with Gasteiger partial charge < -0.3 is 4.98 Å². The van der Waals surface area contributed by atoms with Crippen LogP contribution in [0.2, 0.25) is 0 Å². The van der Waals surface area contributed by atoms with Crippen molar-refractivity contribution in [2.75, 3.05) is 5.43 Å². The first-order valence-corrected chi connectivity index (χ1v) is 5.65. The van der Waals surface area contributed by atoms with Gasteiger partial charge in [-0.05, 0) is 18.7 Å². The van der Waals surface area contributed by atoms with Crippen molar-refractivity contribution >= 4 is 17.7 Å². The predicted octanol–water partition coefficient (Wildman–Crippen LogP) is 0.444. The van der Waals surface area contributed by atoms with E-state index in [0.717, 1.165) is 18.0 Å². The van der Waals surface area contributed by atoms with Crippen LogP contribution in [0.5, 0.6) is 0 Å². The van der Waals surface area contributed by atoms with Crippen LogP contribution in [0.3, 0.4) is 0 Å². The molecule has 2 aromatic rings. The number of rotatable bonds is 3. The average molecular weight is 268 g/mol. The summed E-state index contributed by atoms with van der Waals surface area (Å²) >= 11 is 0.884. The fourth-order valence-electron chi connectivity index (χ4n) is 1.18. The molecule has 9 heteroatoms. The van der Waals surface area contributed by atoms with Crippen molar-refractivity contribution in [3.05, 3.63) is 34.1 Å². The molecule has 0 saturated carbocycles. The number of hydrazine groups is 1. The molecule has 7 nitrogen and oxygen atoms in total. The quantitative estimate of drug-likeness (QED) is 0.321. The van der Waals surface area contributed by atoms with E-state index in [2.05, 4.69) is 25.4 Å². The maximum absolute atomic E-state index is 13.5. The fourth-order valence-corrected chi connectivity index (χ4v) is 1.99. The Morgan fingerprint density at radius 1 is 1.50 bits per heavy atom. The lowest BCUT2D eigenvalue weighted by Gasteiger charge is -2.04. The zero-order valence-electron chi connectivity index (χ0n) is 9.27. The molecule has 4 N–H and O–H groups in total. The van der Waals surface area contributed by atoms with Crippen molar-refractivity contribution in [2.45, 2.75) is 17.1 Å². The number of hydrogen-bond donors (Lipinski definition) is 3. The summed E-state index contributed by atoms with van der Waals surface area (Å²) < 4.78 is 13.5. The zero-order chi connectivity index (χ0) is 13.1. The Bertz CT molecular complexity index is 631. The fraction of sp³-hybridized carbons (Fsp3) is 0.111. The Kier molecular flexibility index (Phi) is 3.53. The van der Waals surface area contributed by atoms with Crippen molar-refractivity contribution in [3.63, 3.8) is 0 Å². The number of anilines is 1. The van der Waals surface area contributed by atoms with Gasteiger partial charge in [0, 0.05) is 11.8 Å². The molecule has 0 amide bonds. The molecule has 0 aliphatic rings. The number of aryl methyl sites for hydroxylation is 1. The molecule has 0 unspecified atom stereocenters. The van der Waals surface area contributed by atoms with E-state index in [-0.39, 0.29) is 21.7 Å². The third-order valence-corrected chi connectivity index (χ3v) is 2.75. The van der Waals surface area contributed by atoms with Gasteiger partial charge in [-0.25, -0.2) is 25.2 Å². The van der Waals surface area contributed by atoms with E-state index in [1.165, 1.54) is 6.07 Å². The summed E-state index contributed by atoms with van der Waals surface area (Å²) in [6.45, 7) is 1.67. The highest BCUT2D eigenvalue weighted by molar-refractivity contribution is 7.99. The second-order valence-electron chi connectivity index (χ2n) is 3.29. The van der Waals surface area contributed by atoms with Crippen LogP contribution in [0, 0.1) is 12.7 Å². The maximum Gasteiger partial charge on any atom is 0.251 e. The molecule has 2 rings (SSSR count). The van der Waals surface area contributed by atoms with Gasteiger partial charge in [-0.1, -0.05) is 0 Å². The Hall–Kier alpha value is -2.00. The molecule has 94 valence electrons. The average Bonchev–Trinajstić information content (AvgIpc) is 2.30. The summed E-state index contributed by atoms with van der Waals surface area (Å²) in [5, 5.41) is 0.271. The minimum Gasteiger partial charge on any atom is -0.301 e. The van der Waals surface area contributed by atoms with Gasteiger partial charge >= 0.3 is 0 Å². The zero-order valence-corrected chi connectivity index (χ0v) is 10.1. The second-order valence-corrected chi connectivity index (χ2v) is 4.26. The van der Waals surface area contributed by atoms with E-state index >= 15 is 0 Å². The van der Waals surface area contributed by atoms with Crippen molar-refractivity contribution in [1.29, 1.82) is 0 Å². The Morgan fingerprint density at radius 3 is 2.94 bits per heavy atom. The minimum absolute atomic E-state index is 0.0201. The van der Waals surface area contributed by atoms with Gasteiger partial charge in [0.05, 0.1) is 6.20 Å². The molecule has 0 fully saturated rings. The molecular weight excluding hydrogens is 259 g/mol. The SMILES string of the molecule is Cc1cc(=O)[nH]c(Sc2nc(NN)ncc2F)n1. The highest BCUT2D eigenvalue weighted by Crippen LogP contribution is 2.24. The van der Waals surface area contributed by atoms with E-state index < -0.39 is 5.82 Å². The van der Waals surface area contributed by atoms with Crippen molar-refractivity contribution in [2.24, 2.45) is 5.84 Å². The van der Waals surface area contributed by atoms with E-state index in [1.54, 1.807) is 6.92 Å². The van der Waals surface area contributed by atoms with Crippen LogP contribution >= 0.6 is 11.8 Å². The van der Waals surface area contributed by atoms with Gasteiger partial charge in [0.15, 0.2) is 11.0 Å². The predicted molar refractivity (Wildman–Crippen MR) is 63.5 cm³/mol. The van der Waals surface area contributed by atoms with Crippen molar-refractivity contribution in [1.82, 2.24) is 19.9 Å². The number of nitrogens with two attached hydrogens (primary N) is 1. The minimum atomic E-state index is -0.622.